The highest BCUT2D eigenvalue weighted by atomic mass is 19.4. The fraction of sp³-hybridized carbons (Fsp3) is 0.419. The third-order valence-corrected chi connectivity index (χ3v) is 8.07. The van der Waals surface area contributed by atoms with Gasteiger partial charge < -0.3 is 20.7 Å². The molecule has 1 amide bonds. The number of carbonyl (C=O) groups is 1. The summed E-state index contributed by atoms with van der Waals surface area (Å²) in [5.74, 6) is 1.21. The fourth-order valence-corrected chi connectivity index (χ4v) is 6.19. The van der Waals surface area contributed by atoms with Gasteiger partial charge >= 0.3 is 6.36 Å². The first-order valence-corrected chi connectivity index (χ1v) is 14.0. The van der Waals surface area contributed by atoms with Gasteiger partial charge in [-0.2, -0.15) is 0 Å². The van der Waals surface area contributed by atoms with Crippen molar-refractivity contribution in [3.8, 4) is 16.9 Å². The number of nitrogens with two attached hydrogens (primary N) is 1. The lowest BCUT2D eigenvalue weighted by Gasteiger charge is -2.39. The first kappa shape index (κ1) is 27.8. The van der Waals surface area contributed by atoms with Crippen LogP contribution in [0.15, 0.2) is 66.9 Å². The third-order valence-electron chi connectivity index (χ3n) is 8.07. The lowest BCUT2D eigenvalue weighted by molar-refractivity contribution is -0.274. The van der Waals surface area contributed by atoms with E-state index in [1.807, 2.05) is 24.3 Å². The van der Waals surface area contributed by atoms with Crippen LogP contribution < -0.4 is 20.7 Å². The normalized spacial score (nSPS) is 21.6. The van der Waals surface area contributed by atoms with E-state index in [0.29, 0.717) is 23.4 Å². The van der Waals surface area contributed by atoms with E-state index >= 15 is 0 Å². The largest absolute Gasteiger partial charge is 0.573 e. The van der Waals surface area contributed by atoms with Crippen LogP contribution in [-0.4, -0.2) is 36.4 Å². The molecule has 5 rings (SSSR count). The second-order valence-electron chi connectivity index (χ2n) is 10.9. The number of hydrogen-bond donors (Lipinski definition) is 2. The van der Waals surface area contributed by atoms with Gasteiger partial charge in [0, 0.05) is 36.6 Å². The zero-order valence-electron chi connectivity index (χ0n) is 22.4. The summed E-state index contributed by atoms with van der Waals surface area (Å²) in [4.78, 5) is 18.5. The summed E-state index contributed by atoms with van der Waals surface area (Å²) in [6.45, 7) is 1.79. The Kier molecular flexibility index (Phi) is 8.47. The predicted molar refractivity (Wildman–Crippen MR) is 150 cm³/mol. The number of piperidine rings is 1. The van der Waals surface area contributed by atoms with Gasteiger partial charge in [0.2, 0.25) is 5.91 Å². The summed E-state index contributed by atoms with van der Waals surface area (Å²) < 4.78 is 41.6. The molecule has 1 aliphatic carbocycles. The zero-order valence-corrected chi connectivity index (χ0v) is 22.4. The first-order chi connectivity index (χ1) is 19.2. The molecule has 40 heavy (non-hydrogen) atoms. The van der Waals surface area contributed by atoms with E-state index in [1.165, 1.54) is 25.0 Å². The van der Waals surface area contributed by atoms with Crippen molar-refractivity contribution in [3.63, 3.8) is 0 Å². The number of alkyl halides is 3. The Morgan fingerprint density at radius 2 is 1.77 bits per heavy atom. The number of benzene rings is 2. The van der Waals surface area contributed by atoms with Crippen molar-refractivity contribution in [2.75, 3.05) is 23.3 Å². The Morgan fingerprint density at radius 1 is 1.00 bits per heavy atom. The molecule has 1 aromatic heterocycles. The van der Waals surface area contributed by atoms with Crippen LogP contribution in [0.4, 0.5) is 24.7 Å². The Bertz CT molecular complexity index is 1300. The number of amides is 1. The standard InChI is InChI=1S/C31H35F3N4O2/c32-31(33,34)40-27-12-10-26(11-13-27)38-16-4-5-21(20-38)17-24-6-1-2-9-28(24)37-29-19-23(14-15-36-29)22-7-3-8-25(18-22)30(35)39/h3,7-8,10-15,18-19,21,24,28H,1-2,4-6,9,16-17,20H2,(H2,35,39)(H,36,37)/t21-,24+,28-/m1/s1. The smallest absolute Gasteiger partial charge is 0.406 e. The quantitative estimate of drug-likeness (QED) is 0.314. The number of aromatic nitrogens is 1. The first-order valence-electron chi connectivity index (χ1n) is 14.0. The fourth-order valence-electron chi connectivity index (χ4n) is 6.19. The molecule has 0 radical (unpaired) electrons. The van der Waals surface area contributed by atoms with Crippen molar-refractivity contribution in [1.29, 1.82) is 0 Å². The minimum absolute atomic E-state index is 0.195. The number of halogens is 3. The molecule has 6 nitrogen and oxygen atoms in total. The van der Waals surface area contributed by atoms with E-state index in [9.17, 15) is 18.0 Å². The highest BCUT2D eigenvalue weighted by Gasteiger charge is 2.32. The summed E-state index contributed by atoms with van der Waals surface area (Å²) in [6, 6.07) is 17.8. The van der Waals surface area contributed by atoms with E-state index < -0.39 is 12.3 Å². The highest BCUT2D eigenvalue weighted by Crippen LogP contribution is 2.36. The summed E-state index contributed by atoms with van der Waals surface area (Å²) in [7, 11) is 0. The van der Waals surface area contributed by atoms with Crippen LogP contribution in [0.25, 0.3) is 11.1 Å². The molecule has 1 saturated heterocycles. The Balaban J connectivity index is 1.22. The van der Waals surface area contributed by atoms with Crippen molar-refractivity contribution in [2.45, 2.75) is 57.3 Å². The maximum atomic E-state index is 12.5. The predicted octanol–water partition coefficient (Wildman–Crippen LogP) is 7.02. The molecule has 0 unspecified atom stereocenters. The summed E-state index contributed by atoms with van der Waals surface area (Å²) in [6.07, 6.45) is 5.06. The third kappa shape index (κ3) is 7.25. The molecule has 1 saturated carbocycles. The number of ether oxygens (including phenoxy) is 1. The van der Waals surface area contributed by atoms with Crippen molar-refractivity contribution in [3.05, 3.63) is 72.4 Å². The van der Waals surface area contributed by atoms with E-state index in [0.717, 1.165) is 67.8 Å². The van der Waals surface area contributed by atoms with Gasteiger partial charge in [0.05, 0.1) is 0 Å². The van der Waals surface area contributed by atoms with E-state index in [-0.39, 0.29) is 5.75 Å². The van der Waals surface area contributed by atoms with E-state index in [4.69, 9.17) is 5.73 Å². The highest BCUT2D eigenvalue weighted by molar-refractivity contribution is 5.94. The second kappa shape index (κ2) is 12.2. The maximum Gasteiger partial charge on any atom is 0.573 e. The van der Waals surface area contributed by atoms with Gasteiger partial charge in [-0.1, -0.05) is 25.0 Å². The minimum atomic E-state index is -4.69. The molecular formula is C31H35F3N4O2. The Morgan fingerprint density at radius 3 is 2.55 bits per heavy atom. The Labute approximate surface area is 232 Å². The van der Waals surface area contributed by atoms with Crippen molar-refractivity contribution >= 4 is 17.4 Å². The lowest BCUT2D eigenvalue weighted by atomic mass is 9.77. The molecule has 0 spiro atoms. The average Bonchev–Trinajstić information content (AvgIpc) is 2.94. The van der Waals surface area contributed by atoms with Crippen molar-refractivity contribution in [1.82, 2.24) is 4.98 Å². The van der Waals surface area contributed by atoms with E-state index in [2.05, 4.69) is 19.9 Å². The molecule has 3 N–H and O–H groups in total. The van der Waals surface area contributed by atoms with Crippen LogP contribution in [-0.2, 0) is 0 Å². The van der Waals surface area contributed by atoms with E-state index in [1.54, 1.807) is 30.5 Å². The molecule has 2 aliphatic rings. The number of nitrogens with zero attached hydrogens (tertiary/aromatic N) is 2. The Hall–Kier alpha value is -3.75. The molecule has 1 aliphatic heterocycles. The molecule has 0 bridgehead atoms. The molecule has 2 heterocycles. The summed E-state index contributed by atoms with van der Waals surface area (Å²) in [5, 5.41) is 3.71. The van der Waals surface area contributed by atoms with Crippen molar-refractivity contribution < 1.29 is 22.7 Å². The number of hydrogen-bond acceptors (Lipinski definition) is 5. The van der Waals surface area contributed by atoms with Crippen LogP contribution in [0.5, 0.6) is 5.75 Å². The van der Waals surface area contributed by atoms with Crippen LogP contribution in [0, 0.1) is 11.8 Å². The van der Waals surface area contributed by atoms with Crippen LogP contribution >= 0.6 is 0 Å². The molecule has 9 heteroatoms. The topological polar surface area (TPSA) is 80.5 Å². The monoisotopic (exact) mass is 552 g/mol. The molecule has 2 aromatic carbocycles. The lowest BCUT2D eigenvalue weighted by Crippen LogP contribution is -2.39. The van der Waals surface area contributed by atoms with Gasteiger partial charge in [-0.25, -0.2) is 4.98 Å². The molecule has 3 atom stereocenters. The van der Waals surface area contributed by atoms with Gasteiger partial charge in [-0.3, -0.25) is 4.79 Å². The van der Waals surface area contributed by atoms with Crippen LogP contribution in [0.1, 0.15) is 55.3 Å². The van der Waals surface area contributed by atoms with Crippen molar-refractivity contribution in [2.24, 2.45) is 17.6 Å². The number of anilines is 2. The second-order valence-corrected chi connectivity index (χ2v) is 10.9. The number of carbonyl (C=O) groups excluding carboxylic acids is 1. The summed E-state index contributed by atoms with van der Waals surface area (Å²) >= 11 is 0. The summed E-state index contributed by atoms with van der Waals surface area (Å²) in [5.41, 5.74) is 8.76. The van der Waals surface area contributed by atoms with Gasteiger partial charge in [0.15, 0.2) is 0 Å². The number of nitrogens with one attached hydrogen (secondary N) is 1. The van der Waals surface area contributed by atoms with Gasteiger partial charge in [-0.05, 0) is 104 Å². The molecule has 212 valence electrons. The molecule has 2 fully saturated rings. The minimum Gasteiger partial charge on any atom is -0.406 e. The van der Waals surface area contributed by atoms with Crippen LogP contribution in [0.3, 0.4) is 0 Å². The number of primary amides is 1. The number of pyridine rings is 1. The SMILES string of the molecule is NC(=O)c1cccc(-c2ccnc(N[C@@H]3CCCC[C@H]3C[C@H]3CCCN(c4ccc(OC(F)(F)F)cc4)C3)c2)c1. The maximum absolute atomic E-state index is 12.5. The molecular weight excluding hydrogens is 517 g/mol. The van der Waals surface area contributed by atoms with Crippen LogP contribution in [0.2, 0.25) is 0 Å². The van der Waals surface area contributed by atoms with Gasteiger partial charge in [0.25, 0.3) is 0 Å². The van der Waals surface area contributed by atoms with Gasteiger partial charge in [-0.15, -0.1) is 13.2 Å². The molecule has 3 aromatic rings. The number of rotatable bonds is 8. The average molecular weight is 553 g/mol. The van der Waals surface area contributed by atoms with Gasteiger partial charge in [0.1, 0.15) is 11.6 Å². The zero-order chi connectivity index (χ0) is 28.1.